The molecule has 2 rings (SSSR count). The van der Waals surface area contributed by atoms with Crippen LogP contribution in [-0.2, 0) is 14.1 Å². The molecule has 0 saturated carbocycles. The molecule has 0 atom stereocenters. The Kier molecular flexibility index (Phi) is 6.31. The van der Waals surface area contributed by atoms with Gasteiger partial charge in [0.25, 0.3) is 0 Å². The number of hydrogen-bond donors (Lipinski definition) is 0. The fourth-order valence-corrected chi connectivity index (χ4v) is 3.11. The molecule has 0 spiro atoms. The average molecular weight is 383 g/mol. The van der Waals surface area contributed by atoms with Gasteiger partial charge in [-0.3, -0.25) is 4.79 Å². The first-order valence-electron chi connectivity index (χ1n) is 8.09. The lowest BCUT2D eigenvalue weighted by Gasteiger charge is -2.32. The Morgan fingerprint density at radius 3 is 2.40 bits per heavy atom. The molecule has 1 aliphatic rings. The molecule has 7 heteroatoms. The lowest BCUT2D eigenvalue weighted by molar-refractivity contribution is -0.109. The van der Waals surface area contributed by atoms with Gasteiger partial charge in [0.05, 0.1) is 18.3 Å². The van der Waals surface area contributed by atoms with Crippen LogP contribution in [0.2, 0.25) is 5.02 Å². The molecule has 0 aromatic heterocycles. The SMILES string of the molecule is COc1cc(Cl)ccc1C=C(CSC(C)=O)B1OC(C)(C)C(C)(C)O1. The number of thioether (sulfide) groups is 1. The molecule has 4 nitrogen and oxygen atoms in total. The highest BCUT2D eigenvalue weighted by atomic mass is 35.5. The molecule has 0 unspecified atom stereocenters. The van der Waals surface area contributed by atoms with Crippen LogP contribution in [0.15, 0.2) is 23.7 Å². The van der Waals surface area contributed by atoms with E-state index in [-0.39, 0.29) is 5.12 Å². The van der Waals surface area contributed by atoms with Gasteiger partial charge in [-0.2, -0.15) is 0 Å². The lowest BCUT2D eigenvalue weighted by Crippen LogP contribution is -2.41. The highest BCUT2D eigenvalue weighted by Gasteiger charge is 2.52. The van der Waals surface area contributed by atoms with Crippen LogP contribution in [0.4, 0.5) is 0 Å². The summed E-state index contributed by atoms with van der Waals surface area (Å²) in [5.74, 6) is 1.15. The van der Waals surface area contributed by atoms with E-state index in [4.69, 9.17) is 25.6 Å². The smallest absolute Gasteiger partial charge is 0.491 e. The molecule has 1 heterocycles. The quantitative estimate of drug-likeness (QED) is 0.694. The van der Waals surface area contributed by atoms with Crippen molar-refractivity contribution in [1.82, 2.24) is 0 Å². The topological polar surface area (TPSA) is 44.8 Å². The first-order chi connectivity index (χ1) is 11.6. The van der Waals surface area contributed by atoms with Crippen molar-refractivity contribution in [3.63, 3.8) is 0 Å². The van der Waals surface area contributed by atoms with E-state index in [0.29, 0.717) is 16.5 Å². The van der Waals surface area contributed by atoms with E-state index in [1.54, 1.807) is 26.2 Å². The van der Waals surface area contributed by atoms with Gasteiger partial charge in [0.1, 0.15) is 5.75 Å². The van der Waals surface area contributed by atoms with Crippen molar-refractivity contribution in [2.24, 2.45) is 0 Å². The summed E-state index contributed by atoms with van der Waals surface area (Å²) in [7, 11) is 1.08. The van der Waals surface area contributed by atoms with E-state index in [1.807, 2.05) is 39.8 Å². The second-order valence-electron chi connectivity index (χ2n) is 6.97. The highest BCUT2D eigenvalue weighted by molar-refractivity contribution is 8.13. The summed E-state index contributed by atoms with van der Waals surface area (Å²) < 4.78 is 17.7. The summed E-state index contributed by atoms with van der Waals surface area (Å²) in [4.78, 5) is 11.4. The Labute approximate surface area is 159 Å². The van der Waals surface area contributed by atoms with Gasteiger partial charge in [-0.15, -0.1) is 0 Å². The Hall–Kier alpha value is -0.945. The molecule has 0 amide bonds. The number of rotatable bonds is 5. The minimum absolute atomic E-state index is 0.0467. The second-order valence-corrected chi connectivity index (χ2v) is 8.56. The predicted octanol–water partition coefficient (Wildman–Crippen LogP) is 4.64. The first kappa shape index (κ1) is 20.4. The number of ether oxygens (including phenoxy) is 1. The number of hydrogen-bond acceptors (Lipinski definition) is 5. The standard InChI is InChI=1S/C18H24BClO4S/c1-12(21)25-11-14(19-23-17(2,3)18(4,5)24-19)9-13-7-8-15(20)10-16(13)22-6/h7-10H,11H2,1-6H3. The maximum absolute atomic E-state index is 11.4. The molecule has 136 valence electrons. The summed E-state index contributed by atoms with van der Waals surface area (Å²) in [6.45, 7) is 9.57. The van der Waals surface area contributed by atoms with Crippen molar-refractivity contribution in [2.45, 2.75) is 45.8 Å². The number of carbonyl (C=O) groups excluding carboxylic acids is 1. The Bertz CT molecular complexity index is 672. The average Bonchev–Trinajstić information content (AvgIpc) is 2.72. The zero-order valence-electron chi connectivity index (χ0n) is 15.5. The van der Waals surface area contributed by atoms with Gasteiger partial charge in [-0.25, -0.2) is 0 Å². The van der Waals surface area contributed by atoms with Gasteiger partial charge in [0, 0.05) is 23.3 Å². The van der Waals surface area contributed by atoms with E-state index in [9.17, 15) is 4.79 Å². The summed E-state index contributed by atoms with van der Waals surface area (Å²) >= 11 is 7.27. The van der Waals surface area contributed by atoms with Gasteiger partial charge >= 0.3 is 7.12 Å². The maximum atomic E-state index is 11.4. The molecule has 0 radical (unpaired) electrons. The Morgan fingerprint density at radius 1 is 1.28 bits per heavy atom. The molecule has 25 heavy (non-hydrogen) atoms. The summed E-state index contributed by atoms with van der Waals surface area (Å²) in [6, 6.07) is 5.44. The van der Waals surface area contributed by atoms with Crippen LogP contribution in [0.25, 0.3) is 6.08 Å². The van der Waals surface area contributed by atoms with E-state index >= 15 is 0 Å². The van der Waals surface area contributed by atoms with Crippen LogP contribution >= 0.6 is 23.4 Å². The molecule has 0 N–H and O–H groups in total. The van der Waals surface area contributed by atoms with E-state index in [1.165, 1.54) is 11.8 Å². The molecular weight excluding hydrogens is 359 g/mol. The molecule has 1 fully saturated rings. The fourth-order valence-electron chi connectivity index (χ4n) is 2.36. The van der Waals surface area contributed by atoms with Crippen molar-refractivity contribution < 1.29 is 18.8 Å². The molecule has 0 aliphatic carbocycles. The molecule has 1 aromatic rings. The first-order valence-corrected chi connectivity index (χ1v) is 9.45. The lowest BCUT2D eigenvalue weighted by atomic mass is 9.78. The molecule has 1 saturated heterocycles. The zero-order valence-corrected chi connectivity index (χ0v) is 17.1. The van der Waals surface area contributed by atoms with E-state index in [0.717, 1.165) is 11.0 Å². The minimum Gasteiger partial charge on any atom is -0.496 e. The van der Waals surface area contributed by atoms with Gasteiger partial charge in [0.15, 0.2) is 5.12 Å². The van der Waals surface area contributed by atoms with Crippen LogP contribution in [0.5, 0.6) is 5.75 Å². The van der Waals surface area contributed by atoms with E-state index < -0.39 is 18.3 Å². The Morgan fingerprint density at radius 2 is 1.88 bits per heavy atom. The summed E-state index contributed by atoms with van der Waals surface area (Å²) in [5.41, 5.74) is 0.851. The third-order valence-corrected chi connectivity index (χ3v) is 5.65. The van der Waals surface area contributed by atoms with Crippen molar-refractivity contribution in [1.29, 1.82) is 0 Å². The maximum Gasteiger partial charge on any atom is 0.491 e. The molecule has 0 bridgehead atoms. The number of methoxy groups -OCH3 is 1. The largest absolute Gasteiger partial charge is 0.496 e. The zero-order chi connectivity index (χ0) is 18.8. The number of carbonyl (C=O) groups is 1. The van der Waals surface area contributed by atoms with Crippen molar-refractivity contribution in [3.05, 3.63) is 34.3 Å². The predicted molar refractivity (Wildman–Crippen MR) is 105 cm³/mol. The fraction of sp³-hybridized carbons (Fsp3) is 0.500. The Balaban J connectivity index is 2.38. The van der Waals surface area contributed by atoms with Crippen LogP contribution < -0.4 is 4.74 Å². The highest BCUT2D eigenvalue weighted by Crippen LogP contribution is 2.40. The van der Waals surface area contributed by atoms with Gasteiger partial charge < -0.3 is 14.0 Å². The van der Waals surface area contributed by atoms with Gasteiger partial charge in [-0.1, -0.05) is 29.4 Å². The third kappa shape index (κ3) is 4.82. The van der Waals surface area contributed by atoms with Crippen molar-refractivity contribution in [3.8, 4) is 5.75 Å². The normalized spacial score (nSPS) is 19.2. The molecule has 1 aliphatic heterocycles. The van der Waals surface area contributed by atoms with Crippen molar-refractivity contribution in [2.75, 3.05) is 12.9 Å². The number of halogens is 1. The van der Waals surface area contributed by atoms with Crippen LogP contribution in [0, 0.1) is 0 Å². The monoisotopic (exact) mass is 382 g/mol. The number of benzene rings is 1. The summed E-state index contributed by atoms with van der Waals surface area (Å²) in [6.07, 6.45) is 1.95. The van der Waals surface area contributed by atoms with Gasteiger partial charge in [-0.05, 0) is 51.4 Å². The van der Waals surface area contributed by atoms with E-state index in [2.05, 4.69) is 0 Å². The molecule has 1 aromatic carbocycles. The van der Waals surface area contributed by atoms with Gasteiger partial charge in [0.2, 0.25) is 0 Å². The van der Waals surface area contributed by atoms with Crippen LogP contribution in [-0.4, -0.2) is 36.3 Å². The minimum atomic E-state index is -0.516. The molecular formula is C18H24BClO4S. The van der Waals surface area contributed by atoms with Crippen LogP contribution in [0.3, 0.4) is 0 Å². The van der Waals surface area contributed by atoms with Crippen molar-refractivity contribution >= 4 is 41.7 Å². The second kappa shape index (κ2) is 7.74. The van der Waals surface area contributed by atoms with Crippen LogP contribution in [0.1, 0.15) is 40.2 Å². The third-order valence-electron chi connectivity index (χ3n) is 4.53. The summed E-state index contributed by atoms with van der Waals surface area (Å²) in [5, 5.41) is 0.648.